The normalized spacial score (nSPS) is 36.7. The Morgan fingerprint density at radius 1 is 1.24 bits per heavy atom. The Balaban J connectivity index is 1.51. The summed E-state index contributed by atoms with van der Waals surface area (Å²) in [6.45, 7) is 0.689. The van der Waals surface area contributed by atoms with E-state index in [1.165, 1.54) is 19.3 Å². The van der Waals surface area contributed by atoms with Crippen LogP contribution in [0.2, 0.25) is 0 Å². The fourth-order valence-electron chi connectivity index (χ4n) is 5.61. The summed E-state index contributed by atoms with van der Waals surface area (Å²) in [5, 5.41) is 0. The van der Waals surface area contributed by atoms with Crippen molar-refractivity contribution in [3.05, 3.63) is 30.1 Å². The van der Waals surface area contributed by atoms with Gasteiger partial charge in [0, 0.05) is 26.0 Å². The molecule has 0 aliphatic heterocycles. The molecular weight excluding hydrogens is 260 g/mol. The van der Waals surface area contributed by atoms with Gasteiger partial charge in [0.2, 0.25) is 5.91 Å². The first-order chi connectivity index (χ1) is 10.1. The Hall–Kier alpha value is -1.38. The Bertz CT molecular complexity index is 504. The van der Waals surface area contributed by atoms with E-state index in [1.54, 1.807) is 6.20 Å². The van der Waals surface area contributed by atoms with Crippen LogP contribution in [0, 0.1) is 23.2 Å². The van der Waals surface area contributed by atoms with E-state index in [9.17, 15) is 4.79 Å². The predicted octanol–water partition coefficient (Wildman–Crippen LogP) is 3.26. The number of aromatic nitrogens is 1. The van der Waals surface area contributed by atoms with Crippen LogP contribution in [0.5, 0.6) is 0 Å². The summed E-state index contributed by atoms with van der Waals surface area (Å²) in [7, 11) is 1.97. The predicted molar refractivity (Wildman–Crippen MR) is 81.3 cm³/mol. The topological polar surface area (TPSA) is 33.2 Å². The van der Waals surface area contributed by atoms with E-state index in [-0.39, 0.29) is 5.41 Å². The van der Waals surface area contributed by atoms with Gasteiger partial charge in [-0.15, -0.1) is 0 Å². The van der Waals surface area contributed by atoms with Gasteiger partial charge in [-0.3, -0.25) is 9.78 Å². The van der Waals surface area contributed by atoms with Gasteiger partial charge in [0.05, 0.1) is 5.41 Å². The van der Waals surface area contributed by atoms with Gasteiger partial charge in [-0.1, -0.05) is 6.07 Å². The highest BCUT2D eigenvalue weighted by Crippen LogP contribution is 2.60. The summed E-state index contributed by atoms with van der Waals surface area (Å²) in [5.74, 6) is 2.87. The highest BCUT2D eigenvalue weighted by molar-refractivity contribution is 5.83. The van der Waals surface area contributed by atoms with Crippen LogP contribution in [0.1, 0.15) is 44.1 Å². The van der Waals surface area contributed by atoms with E-state index in [2.05, 4.69) is 11.1 Å². The summed E-state index contributed by atoms with van der Waals surface area (Å²) in [4.78, 5) is 19.2. The lowest BCUT2D eigenvalue weighted by Gasteiger charge is -2.56. The molecule has 0 unspecified atom stereocenters. The number of nitrogens with zero attached hydrogens (tertiary/aromatic N) is 2. The molecule has 4 aliphatic carbocycles. The molecule has 5 rings (SSSR count). The summed E-state index contributed by atoms with van der Waals surface area (Å²) < 4.78 is 0. The molecule has 112 valence electrons. The number of hydrogen-bond acceptors (Lipinski definition) is 2. The van der Waals surface area contributed by atoms with Crippen LogP contribution in [0.15, 0.2) is 24.5 Å². The quantitative estimate of drug-likeness (QED) is 0.853. The smallest absolute Gasteiger partial charge is 0.228 e. The van der Waals surface area contributed by atoms with E-state index in [4.69, 9.17) is 0 Å². The average molecular weight is 284 g/mol. The van der Waals surface area contributed by atoms with E-state index in [0.717, 1.165) is 42.6 Å². The lowest BCUT2D eigenvalue weighted by molar-refractivity contribution is -0.156. The molecule has 0 saturated heterocycles. The second-order valence-electron chi connectivity index (χ2n) is 7.72. The number of carbonyl (C=O) groups is 1. The zero-order chi connectivity index (χ0) is 14.4. The van der Waals surface area contributed by atoms with Gasteiger partial charge in [-0.2, -0.15) is 0 Å². The minimum Gasteiger partial charge on any atom is -0.341 e. The number of pyridine rings is 1. The fourth-order valence-corrected chi connectivity index (χ4v) is 5.61. The average Bonchev–Trinajstić information content (AvgIpc) is 2.46. The maximum absolute atomic E-state index is 13.1. The molecular formula is C18H24N2O. The molecule has 1 aromatic heterocycles. The third-order valence-corrected chi connectivity index (χ3v) is 5.98. The molecule has 3 heteroatoms. The molecule has 0 atom stereocenters. The van der Waals surface area contributed by atoms with Crippen molar-refractivity contribution >= 4 is 5.91 Å². The highest BCUT2D eigenvalue weighted by Gasteiger charge is 2.55. The second-order valence-corrected chi connectivity index (χ2v) is 7.72. The summed E-state index contributed by atoms with van der Waals surface area (Å²) in [6.07, 6.45) is 11.3. The Kier molecular flexibility index (Phi) is 3.05. The molecule has 4 aliphatic rings. The van der Waals surface area contributed by atoms with E-state index >= 15 is 0 Å². The van der Waals surface area contributed by atoms with E-state index in [0.29, 0.717) is 12.5 Å². The van der Waals surface area contributed by atoms with Crippen molar-refractivity contribution in [2.75, 3.05) is 7.05 Å². The van der Waals surface area contributed by atoms with Crippen LogP contribution in [-0.4, -0.2) is 22.8 Å². The van der Waals surface area contributed by atoms with Crippen molar-refractivity contribution in [2.24, 2.45) is 23.2 Å². The first-order valence-corrected chi connectivity index (χ1v) is 8.29. The molecule has 0 radical (unpaired) electrons. The second kappa shape index (κ2) is 4.82. The van der Waals surface area contributed by atoms with Crippen LogP contribution in [-0.2, 0) is 11.3 Å². The SMILES string of the molecule is CN(Cc1cccnc1)C(=O)C12CC3CC(CC(C3)C1)C2. The molecule has 21 heavy (non-hydrogen) atoms. The summed E-state index contributed by atoms with van der Waals surface area (Å²) >= 11 is 0. The number of hydrogen-bond donors (Lipinski definition) is 0. The Labute approximate surface area is 126 Å². The van der Waals surface area contributed by atoms with Gasteiger partial charge >= 0.3 is 0 Å². The molecule has 0 aromatic carbocycles. The molecule has 4 fully saturated rings. The fraction of sp³-hybridized carbons (Fsp3) is 0.667. The van der Waals surface area contributed by atoms with Crippen LogP contribution in [0.3, 0.4) is 0 Å². The zero-order valence-corrected chi connectivity index (χ0v) is 12.8. The third-order valence-electron chi connectivity index (χ3n) is 5.98. The van der Waals surface area contributed by atoms with Crippen molar-refractivity contribution in [1.82, 2.24) is 9.88 Å². The molecule has 3 nitrogen and oxygen atoms in total. The lowest BCUT2D eigenvalue weighted by Crippen LogP contribution is -2.53. The monoisotopic (exact) mass is 284 g/mol. The van der Waals surface area contributed by atoms with Gasteiger partial charge in [-0.25, -0.2) is 0 Å². The van der Waals surface area contributed by atoms with Gasteiger partial charge < -0.3 is 4.90 Å². The largest absolute Gasteiger partial charge is 0.341 e. The Morgan fingerprint density at radius 2 is 1.86 bits per heavy atom. The van der Waals surface area contributed by atoms with Crippen LogP contribution in [0.25, 0.3) is 0 Å². The molecule has 4 saturated carbocycles. The van der Waals surface area contributed by atoms with Gasteiger partial charge in [-0.05, 0) is 67.9 Å². The van der Waals surface area contributed by atoms with Crippen molar-refractivity contribution in [1.29, 1.82) is 0 Å². The van der Waals surface area contributed by atoms with Crippen LogP contribution >= 0.6 is 0 Å². The van der Waals surface area contributed by atoms with Gasteiger partial charge in [0.15, 0.2) is 0 Å². The number of carbonyl (C=O) groups excluding carboxylic acids is 1. The molecule has 1 heterocycles. The molecule has 1 amide bonds. The lowest BCUT2D eigenvalue weighted by atomic mass is 9.49. The maximum atomic E-state index is 13.1. The minimum absolute atomic E-state index is 0.0221. The highest BCUT2D eigenvalue weighted by atomic mass is 16.2. The minimum atomic E-state index is -0.0221. The van der Waals surface area contributed by atoms with Crippen LogP contribution in [0.4, 0.5) is 0 Å². The van der Waals surface area contributed by atoms with Gasteiger partial charge in [0.25, 0.3) is 0 Å². The third kappa shape index (κ3) is 2.27. The zero-order valence-electron chi connectivity index (χ0n) is 12.8. The van der Waals surface area contributed by atoms with Crippen molar-refractivity contribution in [3.63, 3.8) is 0 Å². The maximum Gasteiger partial charge on any atom is 0.228 e. The summed E-state index contributed by atoms with van der Waals surface area (Å²) in [6, 6.07) is 3.99. The molecule has 0 spiro atoms. The first-order valence-electron chi connectivity index (χ1n) is 8.29. The molecule has 1 aromatic rings. The number of rotatable bonds is 3. The first kappa shape index (κ1) is 13.3. The summed E-state index contributed by atoms with van der Waals surface area (Å²) in [5.41, 5.74) is 1.10. The van der Waals surface area contributed by atoms with Gasteiger partial charge in [0.1, 0.15) is 0 Å². The van der Waals surface area contributed by atoms with Crippen molar-refractivity contribution < 1.29 is 4.79 Å². The Morgan fingerprint density at radius 3 is 2.38 bits per heavy atom. The molecule has 4 bridgehead atoms. The van der Waals surface area contributed by atoms with E-state index in [1.807, 2.05) is 24.2 Å². The van der Waals surface area contributed by atoms with Crippen molar-refractivity contribution in [2.45, 2.75) is 45.1 Å². The van der Waals surface area contributed by atoms with Crippen LogP contribution < -0.4 is 0 Å². The van der Waals surface area contributed by atoms with E-state index < -0.39 is 0 Å². The van der Waals surface area contributed by atoms with Crippen molar-refractivity contribution in [3.8, 4) is 0 Å². The standard InChI is InChI=1S/C18H24N2O/c1-20(12-13-3-2-4-19-11-13)17(21)18-8-14-5-15(9-18)7-16(6-14)10-18/h2-4,11,14-16H,5-10,12H2,1H3. The molecule has 0 N–H and O–H groups in total. The number of amides is 1.